The molecule has 0 atom stereocenters. The summed E-state index contributed by atoms with van der Waals surface area (Å²) in [7, 11) is 0. The van der Waals surface area contributed by atoms with Crippen LogP contribution >= 0.6 is 0 Å². The van der Waals surface area contributed by atoms with Crippen molar-refractivity contribution in [3.05, 3.63) is 261 Å². The lowest BCUT2D eigenvalue weighted by Gasteiger charge is -2.15. The number of para-hydroxylation sites is 1. The molecule has 74 heavy (non-hydrogen) atoms. The van der Waals surface area contributed by atoms with Crippen LogP contribution in [0.2, 0.25) is 0 Å². The molecule has 0 saturated heterocycles. The van der Waals surface area contributed by atoms with Gasteiger partial charge in [0.1, 0.15) is 17.0 Å². The minimum Gasteiger partial charge on any atom is -0.456 e. The highest BCUT2D eigenvalue weighted by molar-refractivity contribution is 6.29. The minimum absolute atomic E-state index is 0.658. The fourth-order valence-corrected chi connectivity index (χ4v) is 11.3. The van der Waals surface area contributed by atoms with Crippen molar-refractivity contribution in [1.29, 1.82) is 0 Å². The van der Waals surface area contributed by atoms with Gasteiger partial charge in [0.05, 0.1) is 16.7 Å². The summed E-state index contributed by atoms with van der Waals surface area (Å²) in [5, 5.41) is 11.8. The molecule has 0 aliphatic heterocycles. The molecular weight excluding hydrogens is 899 g/mol. The highest BCUT2D eigenvalue weighted by Gasteiger charge is 2.21. The molecule has 0 unspecified atom stereocenters. The Bertz CT molecular complexity index is 4570. The predicted octanol–water partition coefficient (Wildman–Crippen LogP) is 18.9. The SMILES string of the molecule is c1ccc(-c2ccc(-c3cc(-n4c5ccc(-c6ccccc6)cc5c5cc6c7ccccc7c7cc(-c8ccc9c(c8)oc8ccccc89)ccc7c6cc54)nc(-c4ccc(-c5ccccc5)cc4)n3)cc2)cc1. The first-order chi connectivity index (χ1) is 36.6. The second kappa shape index (κ2) is 16.9. The van der Waals surface area contributed by atoms with E-state index in [-0.39, 0.29) is 0 Å². The standard InChI is InChI=1S/C70H43N3O/c1-4-14-44(15-5-1)47-24-28-49(29-25-47)64-43-69(72-70(71-64)50-30-26-48(27-31-50)45-16-6-2-7-17-45)73-65-37-34-51(46-18-8-3-9-19-46)39-62(65)63-41-60-55-21-11-10-20-54(55)59-38-52(32-35-56(59)61(60)42-66(63)73)53-33-36-58-57-22-12-13-23-67(57)74-68(58)40-53/h1-43H. The Balaban J connectivity index is 0.973. The van der Waals surface area contributed by atoms with Gasteiger partial charge in [0.15, 0.2) is 5.82 Å². The van der Waals surface area contributed by atoms with Crippen molar-refractivity contribution in [3.8, 4) is 73.0 Å². The molecular formula is C70H43N3O. The van der Waals surface area contributed by atoms with Gasteiger partial charge in [0, 0.05) is 38.7 Å². The zero-order chi connectivity index (χ0) is 48.7. The summed E-state index contributed by atoms with van der Waals surface area (Å²) in [6.07, 6.45) is 0. The molecule has 0 N–H and O–H groups in total. The Morgan fingerprint density at radius 1 is 0.243 bits per heavy atom. The third kappa shape index (κ3) is 6.92. The van der Waals surface area contributed by atoms with Crippen molar-refractivity contribution >= 4 is 76.1 Å². The number of nitrogens with zero attached hydrogens (tertiary/aromatic N) is 3. The lowest BCUT2D eigenvalue weighted by molar-refractivity contribution is 0.669. The van der Waals surface area contributed by atoms with Crippen molar-refractivity contribution < 1.29 is 4.42 Å². The molecule has 15 aromatic rings. The molecule has 0 radical (unpaired) electrons. The third-order valence-corrected chi connectivity index (χ3v) is 15.0. The van der Waals surface area contributed by atoms with Gasteiger partial charge in [0.25, 0.3) is 0 Å². The van der Waals surface area contributed by atoms with E-state index in [0.29, 0.717) is 5.82 Å². The Morgan fingerprint density at radius 3 is 1.35 bits per heavy atom. The first-order valence-corrected chi connectivity index (χ1v) is 25.2. The first-order valence-electron chi connectivity index (χ1n) is 25.2. The van der Waals surface area contributed by atoms with E-state index in [9.17, 15) is 0 Å². The van der Waals surface area contributed by atoms with Crippen LogP contribution < -0.4 is 0 Å². The summed E-state index contributed by atoms with van der Waals surface area (Å²) in [6, 6.07) is 93.6. The fraction of sp³-hybridized carbons (Fsp3) is 0. The number of hydrogen-bond acceptors (Lipinski definition) is 3. The topological polar surface area (TPSA) is 43.9 Å². The monoisotopic (exact) mass is 941 g/mol. The van der Waals surface area contributed by atoms with Crippen LogP contribution in [0.5, 0.6) is 0 Å². The van der Waals surface area contributed by atoms with Crippen LogP contribution in [0.25, 0.3) is 149 Å². The number of hydrogen-bond donors (Lipinski definition) is 0. The maximum absolute atomic E-state index is 6.37. The van der Waals surface area contributed by atoms with Crippen molar-refractivity contribution in [3.63, 3.8) is 0 Å². The summed E-state index contributed by atoms with van der Waals surface area (Å²) >= 11 is 0. The zero-order valence-corrected chi connectivity index (χ0v) is 40.1. The van der Waals surface area contributed by atoms with E-state index < -0.39 is 0 Å². The molecule has 0 bridgehead atoms. The number of aromatic nitrogens is 3. The van der Waals surface area contributed by atoms with Gasteiger partial charge in [-0.05, 0) is 125 Å². The third-order valence-electron chi connectivity index (χ3n) is 15.0. The summed E-state index contributed by atoms with van der Waals surface area (Å²) in [5.74, 6) is 1.45. The second-order valence-corrected chi connectivity index (χ2v) is 19.3. The molecule has 3 heterocycles. The van der Waals surface area contributed by atoms with Crippen molar-refractivity contribution in [2.45, 2.75) is 0 Å². The highest BCUT2D eigenvalue weighted by atomic mass is 16.3. The van der Waals surface area contributed by atoms with Crippen LogP contribution in [-0.2, 0) is 0 Å². The molecule has 0 aliphatic rings. The Morgan fingerprint density at radius 2 is 0.676 bits per heavy atom. The number of rotatable bonds is 7. The maximum atomic E-state index is 6.37. The van der Waals surface area contributed by atoms with Crippen LogP contribution in [0, 0.1) is 0 Å². The molecule has 0 saturated carbocycles. The van der Waals surface area contributed by atoms with Crippen LogP contribution in [0.4, 0.5) is 0 Å². The average Bonchev–Trinajstić information content (AvgIpc) is 4.02. The van der Waals surface area contributed by atoms with Crippen molar-refractivity contribution in [2.24, 2.45) is 0 Å². The molecule has 3 aromatic heterocycles. The van der Waals surface area contributed by atoms with Crippen LogP contribution in [0.15, 0.2) is 265 Å². The highest BCUT2D eigenvalue weighted by Crippen LogP contribution is 2.44. The van der Waals surface area contributed by atoms with Gasteiger partial charge in [0.2, 0.25) is 0 Å². The molecule has 0 aliphatic carbocycles. The van der Waals surface area contributed by atoms with E-state index >= 15 is 0 Å². The van der Waals surface area contributed by atoms with Crippen LogP contribution in [-0.4, -0.2) is 14.5 Å². The fourth-order valence-electron chi connectivity index (χ4n) is 11.3. The van der Waals surface area contributed by atoms with Gasteiger partial charge < -0.3 is 4.42 Å². The smallest absolute Gasteiger partial charge is 0.162 e. The van der Waals surface area contributed by atoms with E-state index in [4.69, 9.17) is 14.4 Å². The van der Waals surface area contributed by atoms with E-state index in [2.05, 4.69) is 253 Å². The molecule has 4 nitrogen and oxygen atoms in total. The van der Waals surface area contributed by atoms with Gasteiger partial charge >= 0.3 is 0 Å². The molecule has 0 spiro atoms. The minimum atomic E-state index is 0.658. The van der Waals surface area contributed by atoms with Gasteiger partial charge in [-0.1, -0.05) is 206 Å². The molecule has 15 rings (SSSR count). The maximum Gasteiger partial charge on any atom is 0.162 e. The zero-order valence-electron chi connectivity index (χ0n) is 40.1. The first kappa shape index (κ1) is 41.8. The predicted molar refractivity (Wildman–Crippen MR) is 309 cm³/mol. The van der Waals surface area contributed by atoms with Crippen molar-refractivity contribution in [1.82, 2.24) is 14.5 Å². The van der Waals surface area contributed by atoms with E-state index in [0.717, 1.165) is 94.2 Å². The largest absolute Gasteiger partial charge is 0.456 e. The normalized spacial score (nSPS) is 11.8. The number of benzene rings is 12. The Labute approximate surface area is 426 Å². The van der Waals surface area contributed by atoms with Gasteiger partial charge in [-0.2, -0.15) is 0 Å². The van der Waals surface area contributed by atoms with E-state index in [1.807, 2.05) is 12.1 Å². The summed E-state index contributed by atoms with van der Waals surface area (Å²) in [6.45, 7) is 0. The molecule has 4 heteroatoms. The lowest BCUT2D eigenvalue weighted by atomic mass is 9.91. The van der Waals surface area contributed by atoms with Gasteiger partial charge in [-0.15, -0.1) is 0 Å². The summed E-state index contributed by atoms with van der Waals surface area (Å²) in [5.41, 5.74) is 16.0. The van der Waals surface area contributed by atoms with Gasteiger partial charge in [-0.25, -0.2) is 9.97 Å². The second-order valence-electron chi connectivity index (χ2n) is 19.3. The van der Waals surface area contributed by atoms with E-state index in [1.165, 1.54) is 49.0 Å². The van der Waals surface area contributed by atoms with Gasteiger partial charge in [-0.3, -0.25) is 4.57 Å². The number of furan rings is 1. The Hall–Kier alpha value is -9.90. The average molecular weight is 942 g/mol. The molecule has 344 valence electrons. The summed E-state index contributed by atoms with van der Waals surface area (Å²) < 4.78 is 8.74. The molecule has 12 aromatic carbocycles. The lowest BCUT2D eigenvalue weighted by Crippen LogP contribution is -2.02. The van der Waals surface area contributed by atoms with Crippen LogP contribution in [0.3, 0.4) is 0 Å². The molecule has 0 amide bonds. The summed E-state index contributed by atoms with van der Waals surface area (Å²) in [4.78, 5) is 10.9. The number of fused-ring (bicyclic) bond motifs is 12. The quantitative estimate of drug-likeness (QED) is 0.150. The van der Waals surface area contributed by atoms with Crippen LogP contribution in [0.1, 0.15) is 0 Å². The molecule has 0 fully saturated rings. The Kier molecular flexibility index (Phi) is 9.54. The van der Waals surface area contributed by atoms with Crippen molar-refractivity contribution in [2.75, 3.05) is 0 Å². The van der Waals surface area contributed by atoms with E-state index in [1.54, 1.807) is 0 Å².